The van der Waals surface area contributed by atoms with E-state index in [1.54, 1.807) is 12.1 Å². The molecule has 0 aromatic heterocycles. The predicted molar refractivity (Wildman–Crippen MR) is 82.7 cm³/mol. The highest BCUT2D eigenvalue weighted by Gasteiger charge is 2.00. The summed E-state index contributed by atoms with van der Waals surface area (Å²) in [7, 11) is 0. The first-order valence-electron chi connectivity index (χ1n) is 7.02. The highest BCUT2D eigenvalue weighted by molar-refractivity contribution is 5.36. The van der Waals surface area contributed by atoms with E-state index in [2.05, 4.69) is 32.0 Å². The van der Waals surface area contributed by atoms with Crippen molar-refractivity contribution in [2.75, 3.05) is 13.2 Å². The van der Waals surface area contributed by atoms with Gasteiger partial charge in [0.15, 0.2) is 0 Å². The highest BCUT2D eigenvalue weighted by atomic mass is 16.5. The van der Waals surface area contributed by atoms with Gasteiger partial charge in [-0.1, -0.05) is 17.7 Å². The lowest BCUT2D eigenvalue weighted by atomic mass is 10.1. The molecule has 3 nitrogen and oxygen atoms in total. The molecule has 0 amide bonds. The third-order valence-electron chi connectivity index (χ3n) is 3.13. The molecule has 0 radical (unpaired) electrons. The fourth-order valence-electron chi connectivity index (χ4n) is 2.02. The summed E-state index contributed by atoms with van der Waals surface area (Å²) >= 11 is 0. The maximum atomic E-state index is 8.71. The Balaban J connectivity index is 1.71. The van der Waals surface area contributed by atoms with Crippen molar-refractivity contribution in [2.45, 2.75) is 20.3 Å². The van der Waals surface area contributed by atoms with Gasteiger partial charge in [0.05, 0.1) is 24.8 Å². The van der Waals surface area contributed by atoms with Crippen LogP contribution in [0.3, 0.4) is 0 Å². The summed E-state index contributed by atoms with van der Waals surface area (Å²) in [5, 5.41) is 8.71. The van der Waals surface area contributed by atoms with Gasteiger partial charge in [-0.2, -0.15) is 5.26 Å². The molecule has 0 aliphatic heterocycles. The standard InChI is InChI=1S/C18H19NO2/c1-14-4-9-18(15(2)12-14)21-11-3-10-20-17-7-5-16(13-19)6-8-17/h4-9,12H,3,10-11H2,1-2H3. The highest BCUT2D eigenvalue weighted by Crippen LogP contribution is 2.19. The molecule has 0 aliphatic carbocycles. The van der Waals surface area contributed by atoms with E-state index in [4.69, 9.17) is 14.7 Å². The number of hydrogen-bond donors (Lipinski definition) is 0. The quantitative estimate of drug-likeness (QED) is 0.751. The fourth-order valence-corrected chi connectivity index (χ4v) is 2.02. The first-order chi connectivity index (χ1) is 10.2. The first-order valence-corrected chi connectivity index (χ1v) is 7.02. The van der Waals surface area contributed by atoms with Gasteiger partial charge in [0.25, 0.3) is 0 Å². The van der Waals surface area contributed by atoms with Crippen LogP contribution in [0.25, 0.3) is 0 Å². The van der Waals surface area contributed by atoms with Crippen molar-refractivity contribution in [3.8, 4) is 17.6 Å². The van der Waals surface area contributed by atoms with Crippen LogP contribution in [0.5, 0.6) is 11.5 Å². The molecule has 0 unspecified atom stereocenters. The summed E-state index contributed by atoms with van der Waals surface area (Å²) in [5.41, 5.74) is 3.03. The van der Waals surface area contributed by atoms with Crippen molar-refractivity contribution in [1.82, 2.24) is 0 Å². The zero-order valence-electron chi connectivity index (χ0n) is 12.4. The van der Waals surface area contributed by atoms with Crippen LogP contribution in [0.1, 0.15) is 23.1 Å². The summed E-state index contributed by atoms with van der Waals surface area (Å²) in [4.78, 5) is 0. The molecule has 3 heteroatoms. The van der Waals surface area contributed by atoms with Gasteiger partial charge >= 0.3 is 0 Å². The molecule has 21 heavy (non-hydrogen) atoms. The number of benzene rings is 2. The van der Waals surface area contributed by atoms with E-state index in [0.717, 1.165) is 23.5 Å². The molecule has 0 heterocycles. The Bertz CT molecular complexity index is 627. The minimum absolute atomic E-state index is 0.594. The second kappa shape index (κ2) is 7.35. The Hall–Kier alpha value is -2.47. The minimum Gasteiger partial charge on any atom is -0.493 e. The molecule has 0 N–H and O–H groups in total. The van der Waals surface area contributed by atoms with Gasteiger partial charge in [0.2, 0.25) is 0 Å². The van der Waals surface area contributed by atoms with E-state index in [1.807, 2.05) is 18.2 Å². The first kappa shape index (κ1) is 14.9. The lowest BCUT2D eigenvalue weighted by molar-refractivity contribution is 0.246. The van der Waals surface area contributed by atoms with Crippen LogP contribution in [0, 0.1) is 25.2 Å². The lowest BCUT2D eigenvalue weighted by Crippen LogP contribution is -2.05. The van der Waals surface area contributed by atoms with Crippen molar-refractivity contribution in [3.63, 3.8) is 0 Å². The third kappa shape index (κ3) is 4.54. The second-order valence-electron chi connectivity index (χ2n) is 4.96. The van der Waals surface area contributed by atoms with Crippen LogP contribution in [0.4, 0.5) is 0 Å². The molecular formula is C18H19NO2. The molecule has 0 bridgehead atoms. The number of aryl methyl sites for hydroxylation is 2. The van der Waals surface area contributed by atoms with E-state index in [0.29, 0.717) is 18.8 Å². The van der Waals surface area contributed by atoms with Crippen LogP contribution in [0.15, 0.2) is 42.5 Å². The Morgan fingerprint density at radius 1 is 0.952 bits per heavy atom. The number of rotatable bonds is 6. The Kier molecular flexibility index (Phi) is 5.22. The van der Waals surface area contributed by atoms with Crippen LogP contribution < -0.4 is 9.47 Å². The Morgan fingerprint density at radius 3 is 2.33 bits per heavy atom. The van der Waals surface area contributed by atoms with Crippen LogP contribution in [-0.4, -0.2) is 13.2 Å². The van der Waals surface area contributed by atoms with Gasteiger partial charge in [-0.3, -0.25) is 0 Å². The summed E-state index contributed by atoms with van der Waals surface area (Å²) < 4.78 is 11.3. The molecule has 2 rings (SSSR count). The van der Waals surface area contributed by atoms with Gasteiger partial charge in [-0.05, 0) is 49.7 Å². The minimum atomic E-state index is 0.594. The molecule has 108 valence electrons. The molecule has 0 saturated carbocycles. The van der Waals surface area contributed by atoms with Gasteiger partial charge in [-0.15, -0.1) is 0 Å². The molecule has 0 aliphatic rings. The van der Waals surface area contributed by atoms with E-state index >= 15 is 0 Å². The molecular weight excluding hydrogens is 262 g/mol. The van der Waals surface area contributed by atoms with Crippen molar-refractivity contribution < 1.29 is 9.47 Å². The second-order valence-corrected chi connectivity index (χ2v) is 4.96. The molecule has 0 spiro atoms. The van der Waals surface area contributed by atoms with Gasteiger partial charge in [0.1, 0.15) is 11.5 Å². The topological polar surface area (TPSA) is 42.2 Å². The van der Waals surface area contributed by atoms with Crippen LogP contribution >= 0.6 is 0 Å². The SMILES string of the molecule is Cc1ccc(OCCCOc2ccc(C#N)cc2)c(C)c1. The maximum Gasteiger partial charge on any atom is 0.122 e. The Labute approximate surface area is 125 Å². The van der Waals surface area contributed by atoms with Crippen molar-refractivity contribution in [1.29, 1.82) is 5.26 Å². The van der Waals surface area contributed by atoms with Crippen LogP contribution in [0.2, 0.25) is 0 Å². The summed E-state index contributed by atoms with van der Waals surface area (Å²) in [6.07, 6.45) is 0.813. The van der Waals surface area contributed by atoms with Gasteiger partial charge in [0, 0.05) is 6.42 Å². The zero-order chi connectivity index (χ0) is 15.1. The number of hydrogen-bond acceptors (Lipinski definition) is 3. The summed E-state index contributed by atoms with van der Waals surface area (Å²) in [6, 6.07) is 15.4. The normalized spacial score (nSPS) is 9.95. The smallest absolute Gasteiger partial charge is 0.122 e. The lowest BCUT2D eigenvalue weighted by Gasteiger charge is -2.10. The monoisotopic (exact) mass is 281 g/mol. The van der Waals surface area contributed by atoms with Crippen LogP contribution in [-0.2, 0) is 0 Å². The van der Waals surface area contributed by atoms with E-state index in [9.17, 15) is 0 Å². The van der Waals surface area contributed by atoms with Crippen molar-refractivity contribution >= 4 is 0 Å². The number of ether oxygens (including phenoxy) is 2. The van der Waals surface area contributed by atoms with E-state index in [1.165, 1.54) is 5.56 Å². The third-order valence-corrected chi connectivity index (χ3v) is 3.13. The molecule has 0 fully saturated rings. The molecule has 0 saturated heterocycles. The number of nitrogens with zero attached hydrogens (tertiary/aromatic N) is 1. The average Bonchev–Trinajstić information content (AvgIpc) is 2.49. The predicted octanol–water partition coefficient (Wildman–Crippen LogP) is 4.02. The largest absolute Gasteiger partial charge is 0.493 e. The molecule has 2 aromatic rings. The maximum absolute atomic E-state index is 8.71. The van der Waals surface area contributed by atoms with Crippen molar-refractivity contribution in [3.05, 3.63) is 59.2 Å². The fraction of sp³-hybridized carbons (Fsp3) is 0.278. The zero-order valence-corrected chi connectivity index (χ0v) is 12.4. The summed E-state index contributed by atoms with van der Waals surface area (Å²) in [6.45, 7) is 5.34. The van der Waals surface area contributed by atoms with E-state index < -0.39 is 0 Å². The molecule has 2 aromatic carbocycles. The van der Waals surface area contributed by atoms with Gasteiger partial charge < -0.3 is 9.47 Å². The average molecular weight is 281 g/mol. The van der Waals surface area contributed by atoms with Gasteiger partial charge in [-0.25, -0.2) is 0 Å². The molecule has 0 atom stereocenters. The number of nitriles is 1. The van der Waals surface area contributed by atoms with Crippen molar-refractivity contribution in [2.24, 2.45) is 0 Å². The summed E-state index contributed by atoms with van der Waals surface area (Å²) in [5.74, 6) is 1.71. The van der Waals surface area contributed by atoms with E-state index in [-0.39, 0.29) is 0 Å². The Morgan fingerprint density at radius 2 is 1.67 bits per heavy atom.